The number of anilines is 1. The Kier molecular flexibility index (Phi) is 4.35. The zero-order valence-corrected chi connectivity index (χ0v) is 13.0. The number of hydrogen-bond acceptors (Lipinski definition) is 3. The molecular formula is C15H17ClN2OS. The van der Waals surface area contributed by atoms with Crippen LogP contribution in [0.15, 0.2) is 35.7 Å². The third kappa shape index (κ3) is 3.32. The van der Waals surface area contributed by atoms with E-state index in [0.29, 0.717) is 22.8 Å². The number of hydrogen-bond donors (Lipinski definition) is 2. The molecule has 0 radical (unpaired) electrons. The Morgan fingerprint density at radius 2 is 2.15 bits per heavy atom. The van der Waals surface area contributed by atoms with E-state index in [2.05, 4.69) is 25.2 Å². The van der Waals surface area contributed by atoms with Gasteiger partial charge in [-0.05, 0) is 29.6 Å². The van der Waals surface area contributed by atoms with Crippen LogP contribution in [0.1, 0.15) is 29.1 Å². The molecule has 0 saturated carbocycles. The van der Waals surface area contributed by atoms with Gasteiger partial charge in [-0.2, -0.15) is 0 Å². The van der Waals surface area contributed by atoms with E-state index in [4.69, 9.17) is 17.3 Å². The molecule has 0 atom stereocenters. The van der Waals surface area contributed by atoms with Crippen LogP contribution in [0.25, 0.3) is 0 Å². The van der Waals surface area contributed by atoms with E-state index in [-0.39, 0.29) is 11.3 Å². The van der Waals surface area contributed by atoms with Crippen LogP contribution in [-0.4, -0.2) is 12.5 Å². The fourth-order valence-corrected chi connectivity index (χ4v) is 2.92. The molecule has 3 N–H and O–H groups in total. The molecule has 0 fully saturated rings. The van der Waals surface area contributed by atoms with Crippen LogP contribution < -0.4 is 11.1 Å². The van der Waals surface area contributed by atoms with Crippen LogP contribution in [0.4, 0.5) is 5.69 Å². The Labute approximate surface area is 127 Å². The van der Waals surface area contributed by atoms with Crippen molar-refractivity contribution < 1.29 is 4.79 Å². The zero-order valence-electron chi connectivity index (χ0n) is 11.4. The first kappa shape index (κ1) is 14.9. The smallest absolute Gasteiger partial charge is 0.253 e. The molecule has 0 aliphatic rings. The van der Waals surface area contributed by atoms with Gasteiger partial charge in [0.25, 0.3) is 5.91 Å². The lowest BCUT2D eigenvalue weighted by Crippen LogP contribution is -2.36. The minimum Gasteiger partial charge on any atom is -0.398 e. The Morgan fingerprint density at radius 3 is 2.75 bits per heavy atom. The molecule has 0 aliphatic carbocycles. The van der Waals surface area contributed by atoms with Gasteiger partial charge in [0.2, 0.25) is 0 Å². The molecule has 0 saturated heterocycles. The summed E-state index contributed by atoms with van der Waals surface area (Å²) in [6.07, 6.45) is 0. The first-order valence-corrected chi connectivity index (χ1v) is 7.53. The van der Waals surface area contributed by atoms with Crippen LogP contribution in [0.5, 0.6) is 0 Å². The molecule has 106 valence electrons. The van der Waals surface area contributed by atoms with Crippen LogP contribution in [-0.2, 0) is 5.41 Å². The zero-order chi connectivity index (χ0) is 14.8. The van der Waals surface area contributed by atoms with Crippen molar-refractivity contribution in [2.24, 2.45) is 0 Å². The predicted molar refractivity (Wildman–Crippen MR) is 85.5 cm³/mol. The molecule has 0 unspecified atom stereocenters. The van der Waals surface area contributed by atoms with Gasteiger partial charge in [-0.15, -0.1) is 11.3 Å². The molecule has 1 aromatic heterocycles. The van der Waals surface area contributed by atoms with Gasteiger partial charge < -0.3 is 11.1 Å². The van der Waals surface area contributed by atoms with Gasteiger partial charge in [-0.1, -0.05) is 31.5 Å². The number of carbonyl (C=O) groups is 1. The highest BCUT2D eigenvalue weighted by Gasteiger charge is 2.23. The molecule has 2 aromatic rings. The van der Waals surface area contributed by atoms with Gasteiger partial charge in [0.05, 0.1) is 5.56 Å². The van der Waals surface area contributed by atoms with Crippen molar-refractivity contribution in [2.75, 3.05) is 12.3 Å². The molecule has 0 bridgehead atoms. The molecule has 1 heterocycles. The van der Waals surface area contributed by atoms with Crippen molar-refractivity contribution in [1.82, 2.24) is 5.32 Å². The third-order valence-corrected chi connectivity index (χ3v) is 4.61. The van der Waals surface area contributed by atoms with Gasteiger partial charge in [0, 0.05) is 27.5 Å². The fraction of sp³-hybridized carbons (Fsp3) is 0.267. The average Bonchev–Trinajstić information content (AvgIpc) is 2.90. The first-order valence-electron chi connectivity index (χ1n) is 6.27. The maximum atomic E-state index is 12.2. The Bertz CT molecular complexity index is 608. The van der Waals surface area contributed by atoms with E-state index in [9.17, 15) is 4.79 Å². The van der Waals surface area contributed by atoms with Crippen LogP contribution >= 0.6 is 22.9 Å². The van der Waals surface area contributed by atoms with Gasteiger partial charge in [-0.25, -0.2) is 0 Å². The minimum atomic E-state index is -0.177. The van der Waals surface area contributed by atoms with E-state index in [1.807, 2.05) is 11.4 Å². The van der Waals surface area contributed by atoms with E-state index >= 15 is 0 Å². The fourth-order valence-electron chi connectivity index (χ4n) is 1.89. The number of carbonyl (C=O) groups excluding carboxylic acids is 1. The highest BCUT2D eigenvalue weighted by Crippen LogP contribution is 2.27. The van der Waals surface area contributed by atoms with Gasteiger partial charge >= 0.3 is 0 Å². The third-order valence-electron chi connectivity index (χ3n) is 3.14. The van der Waals surface area contributed by atoms with E-state index in [1.165, 1.54) is 4.88 Å². The number of nitrogens with one attached hydrogen (secondary N) is 1. The van der Waals surface area contributed by atoms with Crippen molar-refractivity contribution in [1.29, 1.82) is 0 Å². The number of benzene rings is 1. The van der Waals surface area contributed by atoms with Crippen LogP contribution in [0.3, 0.4) is 0 Å². The molecule has 3 nitrogen and oxygen atoms in total. The second-order valence-electron chi connectivity index (χ2n) is 5.28. The Morgan fingerprint density at radius 1 is 1.40 bits per heavy atom. The van der Waals surface area contributed by atoms with Crippen LogP contribution in [0.2, 0.25) is 5.02 Å². The Hall–Kier alpha value is -1.52. The van der Waals surface area contributed by atoms with Crippen LogP contribution in [0, 0.1) is 0 Å². The molecule has 20 heavy (non-hydrogen) atoms. The lowest BCUT2D eigenvalue weighted by molar-refractivity contribution is 0.0947. The SMILES string of the molecule is CC(C)(CNC(=O)c1ccc(Cl)cc1N)c1cccs1. The second-order valence-corrected chi connectivity index (χ2v) is 6.66. The maximum Gasteiger partial charge on any atom is 0.253 e. The summed E-state index contributed by atoms with van der Waals surface area (Å²) in [5.74, 6) is -0.177. The van der Waals surface area contributed by atoms with Crippen molar-refractivity contribution in [2.45, 2.75) is 19.3 Å². The van der Waals surface area contributed by atoms with Crippen molar-refractivity contribution in [3.63, 3.8) is 0 Å². The number of nitrogen functional groups attached to an aromatic ring is 1. The number of nitrogens with two attached hydrogens (primary N) is 1. The molecule has 1 aromatic carbocycles. The predicted octanol–water partition coefficient (Wildman–Crippen LogP) is 3.69. The standard InChI is InChI=1S/C15H17ClN2OS/c1-15(2,13-4-3-7-20-13)9-18-14(19)11-6-5-10(16)8-12(11)17/h3-8H,9,17H2,1-2H3,(H,18,19). The lowest BCUT2D eigenvalue weighted by Gasteiger charge is -2.23. The highest BCUT2D eigenvalue weighted by molar-refractivity contribution is 7.10. The van der Waals surface area contributed by atoms with E-state index in [0.717, 1.165) is 0 Å². The summed E-state index contributed by atoms with van der Waals surface area (Å²) in [5, 5.41) is 5.50. The monoisotopic (exact) mass is 308 g/mol. The van der Waals surface area contributed by atoms with Gasteiger partial charge in [-0.3, -0.25) is 4.79 Å². The molecule has 2 rings (SSSR count). The van der Waals surface area contributed by atoms with E-state index < -0.39 is 0 Å². The summed E-state index contributed by atoms with van der Waals surface area (Å²) in [4.78, 5) is 13.4. The normalized spacial score (nSPS) is 11.3. The molecular weight excluding hydrogens is 292 g/mol. The average molecular weight is 309 g/mol. The minimum absolute atomic E-state index is 0.106. The quantitative estimate of drug-likeness (QED) is 0.846. The summed E-state index contributed by atoms with van der Waals surface area (Å²) >= 11 is 7.52. The highest BCUT2D eigenvalue weighted by atomic mass is 35.5. The first-order chi connectivity index (χ1) is 9.40. The summed E-state index contributed by atoms with van der Waals surface area (Å²) < 4.78 is 0. The number of amides is 1. The summed E-state index contributed by atoms with van der Waals surface area (Å²) in [6.45, 7) is 4.75. The van der Waals surface area contributed by atoms with E-state index in [1.54, 1.807) is 29.5 Å². The van der Waals surface area contributed by atoms with Crippen molar-refractivity contribution in [3.8, 4) is 0 Å². The maximum absolute atomic E-state index is 12.2. The largest absolute Gasteiger partial charge is 0.398 e. The number of rotatable bonds is 4. The van der Waals surface area contributed by atoms with Crippen molar-refractivity contribution in [3.05, 3.63) is 51.2 Å². The molecule has 1 amide bonds. The number of halogens is 1. The topological polar surface area (TPSA) is 55.1 Å². The Balaban J connectivity index is 2.05. The van der Waals surface area contributed by atoms with Gasteiger partial charge in [0.15, 0.2) is 0 Å². The molecule has 0 aliphatic heterocycles. The summed E-state index contributed by atoms with van der Waals surface area (Å²) in [5.41, 5.74) is 6.55. The summed E-state index contributed by atoms with van der Waals surface area (Å²) in [7, 11) is 0. The van der Waals surface area contributed by atoms with Crippen molar-refractivity contribution >= 4 is 34.5 Å². The van der Waals surface area contributed by atoms with Gasteiger partial charge in [0.1, 0.15) is 0 Å². The lowest BCUT2D eigenvalue weighted by atomic mass is 9.91. The summed E-state index contributed by atoms with van der Waals surface area (Å²) in [6, 6.07) is 8.98. The molecule has 0 spiro atoms. The molecule has 5 heteroatoms. The second kappa shape index (κ2) is 5.85. The number of thiophene rings is 1.